The van der Waals surface area contributed by atoms with E-state index in [1.165, 1.54) is 0 Å². The molecule has 16 heavy (non-hydrogen) atoms. The minimum atomic E-state index is 0.792. The van der Waals surface area contributed by atoms with Crippen LogP contribution in [0.1, 0.15) is 13.8 Å². The highest BCUT2D eigenvalue weighted by Gasteiger charge is 2.09. The van der Waals surface area contributed by atoms with Crippen LogP contribution in [0, 0.1) is 0 Å². The van der Waals surface area contributed by atoms with E-state index in [0.717, 1.165) is 37.7 Å². The molecule has 1 N–H and O–H groups in total. The molecule has 0 aromatic heterocycles. The lowest BCUT2D eigenvalue weighted by molar-refractivity contribution is 0.0556. The monoisotopic (exact) mass is 224 g/mol. The zero-order valence-electron chi connectivity index (χ0n) is 10.8. The number of nitrogens with zero attached hydrogens (tertiary/aromatic N) is 1. The van der Waals surface area contributed by atoms with E-state index < -0.39 is 0 Å². The first-order chi connectivity index (χ1) is 7.74. The number of hydrogen-bond donors (Lipinski definition) is 1. The van der Waals surface area contributed by atoms with Crippen LogP contribution in [-0.2, 0) is 4.74 Å². The summed E-state index contributed by atoms with van der Waals surface area (Å²) >= 11 is 0. The van der Waals surface area contributed by atoms with Crippen LogP contribution < -0.4 is 5.32 Å². The third kappa shape index (κ3) is 5.61. The molecule has 0 unspecified atom stereocenters. The fraction of sp³-hybridized carbons (Fsp3) is 0.538. The Hall–Kier alpha value is -1.22. The second-order valence-corrected chi connectivity index (χ2v) is 3.20. The van der Waals surface area contributed by atoms with E-state index in [4.69, 9.17) is 4.74 Å². The van der Waals surface area contributed by atoms with Gasteiger partial charge in [-0.05, 0) is 12.2 Å². The van der Waals surface area contributed by atoms with Crippen LogP contribution in [-0.4, -0.2) is 38.3 Å². The van der Waals surface area contributed by atoms with Crippen molar-refractivity contribution in [2.24, 2.45) is 0 Å². The van der Waals surface area contributed by atoms with Gasteiger partial charge in [0.25, 0.3) is 0 Å². The highest BCUT2D eigenvalue weighted by atomic mass is 16.5. The van der Waals surface area contributed by atoms with Crippen molar-refractivity contribution in [3.8, 4) is 0 Å². The molecule has 0 amide bonds. The van der Waals surface area contributed by atoms with Gasteiger partial charge < -0.3 is 15.0 Å². The van der Waals surface area contributed by atoms with Gasteiger partial charge in [-0.2, -0.15) is 0 Å². The van der Waals surface area contributed by atoms with Crippen LogP contribution in [0.15, 0.2) is 36.7 Å². The Balaban J connectivity index is 0.00000106. The molecule has 0 bridgehead atoms. The number of allylic oxidation sites excluding steroid dienone is 2. The van der Waals surface area contributed by atoms with E-state index >= 15 is 0 Å². The molecule has 1 aliphatic heterocycles. The van der Waals surface area contributed by atoms with Gasteiger partial charge in [0.2, 0.25) is 0 Å². The minimum absolute atomic E-state index is 0.792. The molecule has 1 heterocycles. The molecule has 0 aromatic rings. The van der Waals surface area contributed by atoms with Gasteiger partial charge >= 0.3 is 0 Å². The second kappa shape index (κ2) is 9.04. The topological polar surface area (TPSA) is 24.5 Å². The Morgan fingerprint density at radius 1 is 1.19 bits per heavy atom. The SMILES string of the molecule is C=C(/C=C\C(=C)N1CCOCC1)NC.CC. The van der Waals surface area contributed by atoms with E-state index in [9.17, 15) is 0 Å². The summed E-state index contributed by atoms with van der Waals surface area (Å²) in [6.07, 6.45) is 3.90. The van der Waals surface area contributed by atoms with Crippen molar-refractivity contribution >= 4 is 0 Å². The Labute approximate surface area is 99.5 Å². The average molecular weight is 224 g/mol. The fourth-order valence-corrected chi connectivity index (χ4v) is 1.24. The summed E-state index contributed by atoms with van der Waals surface area (Å²) in [5.41, 5.74) is 1.91. The molecule has 0 radical (unpaired) electrons. The Kier molecular flexibility index (Phi) is 8.35. The highest BCUT2D eigenvalue weighted by Crippen LogP contribution is 2.07. The zero-order chi connectivity index (χ0) is 12.4. The lowest BCUT2D eigenvalue weighted by Gasteiger charge is -2.29. The van der Waals surface area contributed by atoms with Crippen LogP contribution in [0.2, 0.25) is 0 Å². The summed E-state index contributed by atoms with van der Waals surface area (Å²) in [5, 5.41) is 2.96. The summed E-state index contributed by atoms with van der Waals surface area (Å²) < 4.78 is 5.26. The molecule has 0 atom stereocenters. The standard InChI is InChI=1S/C11H18N2O.C2H6/c1-10(12-3)4-5-11(2)13-6-8-14-9-7-13;1-2/h4-5,12H,1-2,6-9H2,3H3;1-2H3/b5-4-;. The van der Waals surface area contributed by atoms with Crippen molar-refractivity contribution in [2.75, 3.05) is 33.4 Å². The van der Waals surface area contributed by atoms with Crippen molar-refractivity contribution < 1.29 is 4.74 Å². The summed E-state index contributed by atoms with van der Waals surface area (Å²) in [5.74, 6) is 0. The molecule has 0 saturated carbocycles. The third-order valence-electron chi connectivity index (χ3n) is 2.22. The predicted octanol–water partition coefficient (Wildman–Crippen LogP) is 2.15. The van der Waals surface area contributed by atoms with Gasteiger partial charge in [0, 0.05) is 31.5 Å². The molecule has 0 aliphatic carbocycles. The average Bonchev–Trinajstić information content (AvgIpc) is 2.38. The van der Waals surface area contributed by atoms with Crippen LogP contribution >= 0.6 is 0 Å². The Morgan fingerprint density at radius 3 is 2.25 bits per heavy atom. The maximum Gasteiger partial charge on any atom is 0.0642 e. The van der Waals surface area contributed by atoms with Crippen molar-refractivity contribution in [1.82, 2.24) is 10.2 Å². The third-order valence-corrected chi connectivity index (χ3v) is 2.22. The maximum atomic E-state index is 5.26. The van der Waals surface area contributed by atoms with Gasteiger partial charge in [-0.15, -0.1) is 0 Å². The van der Waals surface area contributed by atoms with Crippen LogP contribution in [0.4, 0.5) is 0 Å². The van der Waals surface area contributed by atoms with Gasteiger partial charge in [-0.3, -0.25) is 0 Å². The van der Waals surface area contributed by atoms with Crippen molar-refractivity contribution in [2.45, 2.75) is 13.8 Å². The predicted molar refractivity (Wildman–Crippen MR) is 70.2 cm³/mol. The quantitative estimate of drug-likeness (QED) is 0.741. The smallest absolute Gasteiger partial charge is 0.0642 e. The van der Waals surface area contributed by atoms with E-state index in [1.54, 1.807) is 0 Å². The van der Waals surface area contributed by atoms with Crippen molar-refractivity contribution in [3.05, 3.63) is 36.7 Å². The highest BCUT2D eigenvalue weighted by molar-refractivity contribution is 5.22. The minimum Gasteiger partial charge on any atom is -0.389 e. The number of morpholine rings is 1. The van der Waals surface area contributed by atoms with Gasteiger partial charge in [-0.1, -0.05) is 27.0 Å². The summed E-state index contributed by atoms with van der Waals surface area (Å²) in [6.45, 7) is 15.2. The fourth-order valence-electron chi connectivity index (χ4n) is 1.24. The van der Waals surface area contributed by atoms with Crippen LogP contribution in [0.25, 0.3) is 0 Å². The molecular formula is C13H24N2O. The molecule has 0 spiro atoms. The summed E-state index contributed by atoms with van der Waals surface area (Å²) in [4.78, 5) is 2.21. The molecule has 1 rings (SSSR count). The molecule has 92 valence electrons. The van der Waals surface area contributed by atoms with Crippen LogP contribution in [0.5, 0.6) is 0 Å². The number of likely N-dealkylation sites (N-methyl/N-ethyl adjacent to an activating group) is 1. The number of ether oxygens (including phenoxy) is 1. The molecule has 1 saturated heterocycles. The van der Waals surface area contributed by atoms with Gasteiger partial charge in [0.1, 0.15) is 0 Å². The molecule has 3 nitrogen and oxygen atoms in total. The van der Waals surface area contributed by atoms with Crippen molar-refractivity contribution in [3.63, 3.8) is 0 Å². The number of nitrogens with one attached hydrogen (secondary N) is 1. The van der Waals surface area contributed by atoms with E-state index in [1.807, 2.05) is 33.0 Å². The second-order valence-electron chi connectivity index (χ2n) is 3.20. The summed E-state index contributed by atoms with van der Waals surface area (Å²) in [7, 11) is 1.85. The number of rotatable bonds is 4. The Morgan fingerprint density at radius 2 is 1.75 bits per heavy atom. The van der Waals surface area contributed by atoms with Gasteiger partial charge in [0.15, 0.2) is 0 Å². The molecule has 1 aliphatic rings. The van der Waals surface area contributed by atoms with Crippen LogP contribution in [0.3, 0.4) is 0 Å². The normalized spacial score (nSPS) is 15.3. The molecule has 0 aromatic carbocycles. The van der Waals surface area contributed by atoms with E-state index in [-0.39, 0.29) is 0 Å². The largest absolute Gasteiger partial charge is 0.389 e. The lowest BCUT2D eigenvalue weighted by Crippen LogP contribution is -2.34. The van der Waals surface area contributed by atoms with Crippen molar-refractivity contribution in [1.29, 1.82) is 0 Å². The first kappa shape index (κ1) is 14.8. The molecular weight excluding hydrogens is 200 g/mol. The molecule has 3 heteroatoms. The maximum absolute atomic E-state index is 5.26. The zero-order valence-corrected chi connectivity index (χ0v) is 10.8. The first-order valence-electron chi connectivity index (χ1n) is 5.80. The van der Waals surface area contributed by atoms with E-state index in [0.29, 0.717) is 0 Å². The van der Waals surface area contributed by atoms with E-state index in [2.05, 4.69) is 23.4 Å². The first-order valence-corrected chi connectivity index (χ1v) is 5.80. The van der Waals surface area contributed by atoms with Gasteiger partial charge in [-0.25, -0.2) is 0 Å². The summed E-state index contributed by atoms with van der Waals surface area (Å²) in [6, 6.07) is 0. The number of hydrogen-bond acceptors (Lipinski definition) is 3. The lowest BCUT2D eigenvalue weighted by atomic mass is 10.3. The van der Waals surface area contributed by atoms with Gasteiger partial charge in [0.05, 0.1) is 13.2 Å². The Bertz CT molecular complexity index is 240. The molecule has 1 fully saturated rings.